The lowest BCUT2D eigenvalue weighted by atomic mass is 10.1. The summed E-state index contributed by atoms with van der Waals surface area (Å²) in [5, 5.41) is 12.6. The van der Waals surface area contributed by atoms with Crippen molar-refractivity contribution in [2.24, 2.45) is 0 Å². The van der Waals surface area contributed by atoms with Crippen LogP contribution in [0.3, 0.4) is 0 Å². The molecule has 0 saturated heterocycles. The van der Waals surface area contributed by atoms with E-state index in [1.54, 1.807) is 19.6 Å². The van der Waals surface area contributed by atoms with E-state index in [0.29, 0.717) is 0 Å². The van der Waals surface area contributed by atoms with Crippen LogP contribution >= 0.6 is 0 Å². The van der Waals surface area contributed by atoms with Gasteiger partial charge in [0.05, 0.1) is 31.6 Å². The van der Waals surface area contributed by atoms with Crippen LogP contribution in [0.5, 0.6) is 0 Å². The SMILES string of the molecule is COC[C@H](O)CN(C)C(=O)N[C@@H](C)c1ccc(-n2ccnc2)cc1. The molecule has 0 bridgehead atoms. The third-order valence-electron chi connectivity index (χ3n) is 3.73. The van der Waals surface area contributed by atoms with Gasteiger partial charge in [-0.25, -0.2) is 9.78 Å². The minimum atomic E-state index is -0.699. The van der Waals surface area contributed by atoms with Crippen LogP contribution in [0.25, 0.3) is 5.69 Å². The summed E-state index contributed by atoms with van der Waals surface area (Å²) in [5.41, 5.74) is 2.01. The molecule has 1 aromatic heterocycles. The Morgan fingerprint density at radius 2 is 2.12 bits per heavy atom. The topological polar surface area (TPSA) is 79.6 Å². The summed E-state index contributed by atoms with van der Waals surface area (Å²) in [5.74, 6) is 0. The van der Waals surface area contributed by atoms with Crippen molar-refractivity contribution in [2.45, 2.75) is 19.1 Å². The summed E-state index contributed by atoms with van der Waals surface area (Å²) in [6.45, 7) is 2.33. The molecular weight excluding hydrogens is 308 g/mol. The Kier molecular flexibility index (Phi) is 6.34. The molecule has 0 saturated carbocycles. The molecule has 2 amide bonds. The van der Waals surface area contributed by atoms with Crippen molar-refractivity contribution in [3.05, 3.63) is 48.5 Å². The summed E-state index contributed by atoms with van der Waals surface area (Å²) in [6.07, 6.45) is 4.64. The van der Waals surface area contributed by atoms with Crippen LogP contribution in [-0.4, -0.2) is 59.0 Å². The molecular formula is C17H24N4O3. The highest BCUT2D eigenvalue weighted by Crippen LogP contribution is 2.16. The molecule has 0 unspecified atom stereocenters. The fraction of sp³-hybridized carbons (Fsp3) is 0.412. The molecule has 0 aliphatic rings. The normalized spacial score (nSPS) is 13.3. The summed E-state index contributed by atoms with van der Waals surface area (Å²) < 4.78 is 6.78. The first-order valence-corrected chi connectivity index (χ1v) is 7.78. The molecule has 130 valence electrons. The number of hydrogen-bond acceptors (Lipinski definition) is 4. The number of amides is 2. The van der Waals surface area contributed by atoms with E-state index in [-0.39, 0.29) is 25.2 Å². The molecule has 7 heteroatoms. The summed E-state index contributed by atoms with van der Waals surface area (Å²) in [7, 11) is 3.15. The maximum absolute atomic E-state index is 12.2. The van der Waals surface area contributed by atoms with Gasteiger partial charge in [0.1, 0.15) is 0 Å². The fourth-order valence-electron chi connectivity index (χ4n) is 2.37. The van der Waals surface area contributed by atoms with Gasteiger partial charge in [0.15, 0.2) is 0 Å². The van der Waals surface area contributed by atoms with Gasteiger partial charge in [-0.15, -0.1) is 0 Å². The van der Waals surface area contributed by atoms with Crippen molar-refractivity contribution in [3.63, 3.8) is 0 Å². The van der Waals surface area contributed by atoms with Crippen LogP contribution in [0.2, 0.25) is 0 Å². The van der Waals surface area contributed by atoms with Crippen LogP contribution in [0.1, 0.15) is 18.5 Å². The number of nitrogens with one attached hydrogen (secondary N) is 1. The highest BCUT2D eigenvalue weighted by Gasteiger charge is 2.16. The average Bonchev–Trinajstić information content (AvgIpc) is 3.09. The van der Waals surface area contributed by atoms with Crippen LogP contribution in [-0.2, 0) is 4.74 Å². The van der Waals surface area contributed by atoms with Gasteiger partial charge < -0.3 is 24.6 Å². The van der Waals surface area contributed by atoms with Crippen LogP contribution in [0.15, 0.2) is 43.0 Å². The number of aliphatic hydroxyl groups is 1. The maximum atomic E-state index is 12.2. The predicted octanol–water partition coefficient (Wildman–Crippen LogP) is 1.58. The molecule has 1 aromatic carbocycles. The average molecular weight is 332 g/mol. The van der Waals surface area contributed by atoms with E-state index in [4.69, 9.17) is 4.74 Å². The Balaban J connectivity index is 1.91. The minimum Gasteiger partial charge on any atom is -0.389 e. The van der Waals surface area contributed by atoms with Crippen molar-refractivity contribution in [1.29, 1.82) is 0 Å². The first-order valence-electron chi connectivity index (χ1n) is 7.78. The minimum absolute atomic E-state index is 0.142. The molecule has 0 aliphatic heterocycles. The molecule has 0 aliphatic carbocycles. The maximum Gasteiger partial charge on any atom is 0.317 e. The number of aromatic nitrogens is 2. The zero-order chi connectivity index (χ0) is 17.5. The van der Waals surface area contributed by atoms with E-state index in [9.17, 15) is 9.90 Å². The molecule has 2 rings (SSSR count). The molecule has 2 atom stereocenters. The number of benzene rings is 1. The van der Waals surface area contributed by atoms with Crippen LogP contribution < -0.4 is 5.32 Å². The molecule has 2 N–H and O–H groups in total. The fourth-order valence-corrected chi connectivity index (χ4v) is 2.37. The number of carbonyl (C=O) groups excluding carboxylic acids is 1. The Hall–Kier alpha value is -2.38. The molecule has 1 heterocycles. The van der Waals surface area contributed by atoms with E-state index in [1.807, 2.05) is 42.0 Å². The van der Waals surface area contributed by atoms with Crippen molar-refractivity contribution in [2.75, 3.05) is 27.3 Å². The van der Waals surface area contributed by atoms with Gasteiger partial charge in [0, 0.05) is 32.2 Å². The third-order valence-corrected chi connectivity index (χ3v) is 3.73. The third kappa shape index (κ3) is 4.81. The number of rotatable bonds is 7. The zero-order valence-corrected chi connectivity index (χ0v) is 14.2. The van der Waals surface area contributed by atoms with Gasteiger partial charge in [-0.2, -0.15) is 0 Å². The molecule has 0 spiro atoms. The van der Waals surface area contributed by atoms with Crippen molar-refractivity contribution in [1.82, 2.24) is 19.8 Å². The second-order valence-corrected chi connectivity index (χ2v) is 5.72. The monoisotopic (exact) mass is 332 g/mol. The first-order chi connectivity index (χ1) is 11.5. The van der Waals surface area contributed by atoms with Gasteiger partial charge in [-0.1, -0.05) is 12.1 Å². The molecule has 2 aromatic rings. The van der Waals surface area contributed by atoms with Crippen molar-refractivity contribution in [3.8, 4) is 5.69 Å². The van der Waals surface area contributed by atoms with E-state index in [1.165, 1.54) is 12.0 Å². The van der Waals surface area contributed by atoms with Gasteiger partial charge >= 0.3 is 6.03 Å². The summed E-state index contributed by atoms with van der Waals surface area (Å²) >= 11 is 0. The van der Waals surface area contributed by atoms with Crippen LogP contribution in [0.4, 0.5) is 4.79 Å². The first kappa shape index (κ1) is 18.0. The molecule has 7 nitrogen and oxygen atoms in total. The summed E-state index contributed by atoms with van der Waals surface area (Å²) in [4.78, 5) is 17.6. The largest absolute Gasteiger partial charge is 0.389 e. The highest BCUT2D eigenvalue weighted by atomic mass is 16.5. The lowest BCUT2D eigenvalue weighted by Crippen LogP contribution is -2.43. The Morgan fingerprint density at radius 3 is 2.71 bits per heavy atom. The summed E-state index contributed by atoms with van der Waals surface area (Å²) in [6, 6.07) is 7.52. The quantitative estimate of drug-likeness (QED) is 0.807. The van der Waals surface area contributed by atoms with Gasteiger partial charge in [0.25, 0.3) is 0 Å². The highest BCUT2D eigenvalue weighted by molar-refractivity contribution is 5.74. The number of imidazole rings is 1. The Morgan fingerprint density at radius 1 is 1.42 bits per heavy atom. The molecule has 0 fully saturated rings. The number of ether oxygens (including phenoxy) is 1. The Labute approximate surface area is 141 Å². The smallest absolute Gasteiger partial charge is 0.317 e. The zero-order valence-electron chi connectivity index (χ0n) is 14.2. The standard InChI is InChI=1S/C17H24N4O3/c1-13(19-17(23)20(2)10-16(22)11-24-3)14-4-6-15(7-5-14)21-9-8-18-12-21/h4-9,12-13,16,22H,10-11H2,1-3H3,(H,19,23)/t13-,16+/m0/s1. The second kappa shape index (κ2) is 8.47. The van der Waals surface area contributed by atoms with Crippen LogP contribution in [0, 0.1) is 0 Å². The van der Waals surface area contributed by atoms with E-state index >= 15 is 0 Å². The molecule has 24 heavy (non-hydrogen) atoms. The predicted molar refractivity (Wildman–Crippen MR) is 91.0 cm³/mol. The van der Waals surface area contributed by atoms with Crippen molar-refractivity contribution < 1.29 is 14.6 Å². The Bertz CT molecular complexity index is 628. The number of likely N-dealkylation sites (N-methyl/N-ethyl adjacent to an activating group) is 1. The number of nitrogens with zero attached hydrogens (tertiary/aromatic N) is 3. The van der Waals surface area contributed by atoms with Gasteiger partial charge in [-0.3, -0.25) is 0 Å². The van der Waals surface area contributed by atoms with Gasteiger partial charge in [0.2, 0.25) is 0 Å². The number of methoxy groups -OCH3 is 1. The number of urea groups is 1. The molecule has 0 radical (unpaired) electrons. The number of aliphatic hydroxyl groups excluding tert-OH is 1. The van der Waals surface area contributed by atoms with E-state index < -0.39 is 6.10 Å². The van der Waals surface area contributed by atoms with E-state index in [2.05, 4.69) is 10.3 Å². The second-order valence-electron chi connectivity index (χ2n) is 5.72. The van der Waals surface area contributed by atoms with Gasteiger partial charge in [-0.05, 0) is 24.6 Å². The number of carbonyl (C=O) groups is 1. The van der Waals surface area contributed by atoms with E-state index in [0.717, 1.165) is 11.3 Å². The van der Waals surface area contributed by atoms with Crippen molar-refractivity contribution >= 4 is 6.03 Å². The lowest BCUT2D eigenvalue weighted by Gasteiger charge is -2.23. The lowest BCUT2D eigenvalue weighted by molar-refractivity contribution is 0.0488. The number of hydrogen-bond donors (Lipinski definition) is 2.